The first-order chi connectivity index (χ1) is 8.99. The summed E-state index contributed by atoms with van der Waals surface area (Å²) in [5, 5.41) is 27.9. The second kappa shape index (κ2) is 7.63. The highest BCUT2D eigenvalue weighted by Crippen LogP contribution is 2.24. The third kappa shape index (κ3) is 6.10. The molecule has 1 aromatic rings. The molecule has 1 saturated carbocycles. The van der Waals surface area contributed by atoms with Crippen LogP contribution in [0.25, 0.3) is 0 Å². The van der Waals surface area contributed by atoms with Crippen molar-refractivity contribution in [3.05, 3.63) is 23.8 Å². The Morgan fingerprint density at radius 2 is 1.84 bits per heavy atom. The Kier molecular flexibility index (Phi) is 6.15. The number of carbonyl (C=O) groups is 1. The summed E-state index contributed by atoms with van der Waals surface area (Å²) >= 11 is 0. The molecular weight excluding hydrogens is 246 g/mol. The van der Waals surface area contributed by atoms with Crippen LogP contribution in [-0.4, -0.2) is 22.2 Å². The summed E-state index contributed by atoms with van der Waals surface area (Å²) in [5.74, 6) is -1.81. The van der Waals surface area contributed by atoms with Gasteiger partial charge in [0.15, 0.2) is 11.5 Å². The molecule has 1 aliphatic carbocycles. The molecule has 0 atom stereocenters. The maximum atomic E-state index is 10.1. The predicted octanol–water partition coefficient (Wildman–Crippen LogP) is -0.0488. The molecule has 1 aromatic carbocycles. The summed E-state index contributed by atoms with van der Waals surface area (Å²) in [6.07, 6.45) is 6.78. The van der Waals surface area contributed by atoms with Gasteiger partial charge in [-0.15, -0.1) is 0 Å². The molecule has 2 rings (SSSR count). The largest absolute Gasteiger partial charge is 0.550 e. The minimum absolute atomic E-state index is 0.267. The monoisotopic (exact) mass is 267 g/mol. The molecule has 5 nitrogen and oxygen atoms in total. The molecule has 0 aliphatic heterocycles. The van der Waals surface area contributed by atoms with Crippen molar-refractivity contribution in [1.82, 2.24) is 0 Å². The number of carboxylic acid groups (broad SMARTS) is 1. The van der Waals surface area contributed by atoms with Crippen LogP contribution in [0.2, 0.25) is 0 Å². The van der Waals surface area contributed by atoms with Gasteiger partial charge < -0.3 is 25.8 Å². The van der Waals surface area contributed by atoms with Gasteiger partial charge in [-0.25, -0.2) is 0 Å². The molecule has 106 valence electrons. The van der Waals surface area contributed by atoms with Gasteiger partial charge >= 0.3 is 0 Å². The Bertz CT molecular complexity index is 414. The van der Waals surface area contributed by atoms with Crippen molar-refractivity contribution in [2.75, 3.05) is 0 Å². The van der Waals surface area contributed by atoms with E-state index in [1.54, 1.807) is 0 Å². The maximum Gasteiger partial charge on any atom is 0.157 e. The molecule has 0 unspecified atom stereocenters. The third-order valence-corrected chi connectivity index (χ3v) is 3.11. The summed E-state index contributed by atoms with van der Waals surface area (Å²) in [5.41, 5.74) is 4.39. The van der Waals surface area contributed by atoms with E-state index in [0.717, 1.165) is 6.04 Å². The van der Waals surface area contributed by atoms with Crippen molar-refractivity contribution in [2.45, 2.75) is 44.6 Å². The number of carbonyl (C=O) groups excluding carboxylic acids is 1. The molecule has 0 saturated heterocycles. The molecule has 5 heteroatoms. The number of benzene rings is 1. The second-order valence-corrected chi connectivity index (χ2v) is 4.88. The normalized spacial score (nSPS) is 15.4. The average molecular weight is 267 g/mol. The van der Waals surface area contributed by atoms with Gasteiger partial charge in [-0.05, 0) is 43.4 Å². The van der Waals surface area contributed by atoms with Crippen molar-refractivity contribution in [3.63, 3.8) is 0 Å². The van der Waals surface area contributed by atoms with Crippen molar-refractivity contribution >= 4 is 5.97 Å². The lowest BCUT2D eigenvalue weighted by atomic mass is 9.97. The fraction of sp³-hybridized carbons (Fsp3) is 0.500. The topological polar surface area (TPSA) is 108 Å². The number of phenolic OH excluding ortho intramolecular Hbond substituents is 2. The zero-order valence-corrected chi connectivity index (χ0v) is 11.0. The van der Waals surface area contributed by atoms with E-state index >= 15 is 0 Å². The van der Waals surface area contributed by atoms with Gasteiger partial charge in [0.1, 0.15) is 0 Å². The standard InChI is InChI=1S/C8H8O4.C6H13N/c9-6-2-1-5(3-7(6)10)4-8(11)12;7-6-4-2-1-3-5-6/h1-3,9-10H,4H2,(H,11,12);6H,1-5,7H2. The predicted molar refractivity (Wildman–Crippen MR) is 68.2 cm³/mol. The summed E-state index contributed by atoms with van der Waals surface area (Å²) in [6, 6.07) is 4.61. The molecule has 1 aliphatic rings. The average Bonchev–Trinajstić information content (AvgIpc) is 2.35. The van der Waals surface area contributed by atoms with Crippen LogP contribution in [0.4, 0.5) is 0 Å². The Balaban J connectivity index is 0.000000218. The van der Waals surface area contributed by atoms with Crippen LogP contribution in [0.5, 0.6) is 11.5 Å². The van der Waals surface area contributed by atoms with Crippen LogP contribution in [0.15, 0.2) is 18.2 Å². The van der Waals surface area contributed by atoms with Crippen molar-refractivity contribution < 1.29 is 25.8 Å². The zero-order chi connectivity index (χ0) is 14.3. The molecular formula is C14H21NO4. The molecule has 0 spiro atoms. The molecule has 19 heavy (non-hydrogen) atoms. The summed E-state index contributed by atoms with van der Waals surface area (Å²) < 4.78 is 0. The molecule has 1 fully saturated rings. The van der Waals surface area contributed by atoms with Gasteiger partial charge in [0.05, 0.1) is 6.04 Å². The van der Waals surface area contributed by atoms with Crippen LogP contribution in [0.3, 0.4) is 0 Å². The molecule has 0 heterocycles. The van der Waals surface area contributed by atoms with E-state index in [1.807, 2.05) is 0 Å². The van der Waals surface area contributed by atoms with E-state index in [1.165, 1.54) is 50.3 Å². The molecule has 0 aromatic heterocycles. The number of aliphatic carboxylic acids is 1. The minimum Gasteiger partial charge on any atom is -0.550 e. The smallest absolute Gasteiger partial charge is 0.157 e. The van der Waals surface area contributed by atoms with E-state index in [-0.39, 0.29) is 17.9 Å². The van der Waals surface area contributed by atoms with Gasteiger partial charge in [0.25, 0.3) is 0 Å². The van der Waals surface area contributed by atoms with Gasteiger partial charge in [-0.1, -0.05) is 12.5 Å². The fourth-order valence-electron chi connectivity index (χ4n) is 2.03. The highest BCUT2D eigenvalue weighted by Gasteiger charge is 2.09. The summed E-state index contributed by atoms with van der Waals surface area (Å²) in [4.78, 5) is 10.1. The van der Waals surface area contributed by atoms with Gasteiger partial charge in [0, 0.05) is 12.4 Å². The van der Waals surface area contributed by atoms with Crippen LogP contribution in [-0.2, 0) is 11.2 Å². The summed E-state index contributed by atoms with van der Waals surface area (Å²) in [7, 11) is 0. The lowest BCUT2D eigenvalue weighted by molar-refractivity contribution is -0.425. The van der Waals surface area contributed by atoms with Crippen LogP contribution in [0, 0.1) is 0 Å². The first-order valence-corrected chi connectivity index (χ1v) is 6.53. The molecule has 0 bridgehead atoms. The number of aromatic hydroxyl groups is 2. The Hall–Kier alpha value is -1.75. The molecule has 0 radical (unpaired) electrons. The number of rotatable bonds is 2. The fourth-order valence-corrected chi connectivity index (χ4v) is 2.03. The van der Waals surface area contributed by atoms with Crippen LogP contribution < -0.4 is 10.8 Å². The lowest BCUT2D eigenvalue weighted by Gasteiger charge is -2.12. The number of hydrogen-bond donors (Lipinski definition) is 3. The van der Waals surface area contributed by atoms with E-state index in [9.17, 15) is 9.90 Å². The maximum absolute atomic E-state index is 10.1. The Morgan fingerprint density at radius 1 is 1.21 bits per heavy atom. The molecule has 0 amide bonds. The number of carboxylic acids is 1. The third-order valence-electron chi connectivity index (χ3n) is 3.11. The van der Waals surface area contributed by atoms with Crippen molar-refractivity contribution in [1.29, 1.82) is 0 Å². The first kappa shape index (κ1) is 15.3. The quantitative estimate of drug-likeness (QED) is 0.653. The highest BCUT2D eigenvalue weighted by molar-refractivity contribution is 5.68. The van der Waals surface area contributed by atoms with E-state index in [0.29, 0.717) is 5.56 Å². The first-order valence-electron chi connectivity index (χ1n) is 6.53. The molecule has 5 N–H and O–H groups in total. The van der Waals surface area contributed by atoms with Crippen molar-refractivity contribution in [3.8, 4) is 11.5 Å². The Labute approximate surface area is 112 Å². The second-order valence-electron chi connectivity index (χ2n) is 4.88. The van der Waals surface area contributed by atoms with Gasteiger partial charge in [0.2, 0.25) is 0 Å². The lowest BCUT2D eigenvalue weighted by Crippen LogP contribution is -2.61. The van der Waals surface area contributed by atoms with E-state index in [4.69, 9.17) is 10.2 Å². The van der Waals surface area contributed by atoms with Crippen LogP contribution in [0.1, 0.15) is 37.7 Å². The van der Waals surface area contributed by atoms with Crippen molar-refractivity contribution in [2.24, 2.45) is 0 Å². The Morgan fingerprint density at radius 3 is 2.26 bits per heavy atom. The van der Waals surface area contributed by atoms with E-state index in [2.05, 4.69) is 5.73 Å². The summed E-state index contributed by atoms with van der Waals surface area (Å²) in [6.45, 7) is 0. The number of hydrogen-bond acceptors (Lipinski definition) is 4. The van der Waals surface area contributed by atoms with Crippen LogP contribution >= 0.6 is 0 Å². The van der Waals surface area contributed by atoms with Gasteiger partial charge in [-0.2, -0.15) is 0 Å². The number of quaternary nitrogens is 1. The zero-order valence-electron chi connectivity index (χ0n) is 11.0. The number of phenols is 2. The minimum atomic E-state index is -1.22. The SMILES string of the molecule is O=C([O-])Cc1ccc(O)c(O)c1.[NH3+]C1CCCCC1. The van der Waals surface area contributed by atoms with Gasteiger partial charge in [-0.3, -0.25) is 0 Å². The van der Waals surface area contributed by atoms with E-state index < -0.39 is 5.97 Å². The highest BCUT2D eigenvalue weighted by atomic mass is 16.4.